The predicted molar refractivity (Wildman–Crippen MR) is 59.3 cm³/mol. The lowest BCUT2D eigenvalue weighted by atomic mass is 9.99. The van der Waals surface area contributed by atoms with E-state index in [1.165, 1.54) is 12.3 Å². The monoisotopic (exact) mass is 224 g/mol. The third-order valence-electron chi connectivity index (χ3n) is 3.03. The molecule has 1 aliphatic heterocycles. The van der Waals surface area contributed by atoms with Gasteiger partial charge in [-0.2, -0.15) is 0 Å². The average Bonchev–Trinajstić information content (AvgIpc) is 2.29. The van der Waals surface area contributed by atoms with Gasteiger partial charge in [-0.3, -0.25) is 9.88 Å². The Balaban J connectivity index is 1.94. The van der Waals surface area contributed by atoms with Crippen LogP contribution in [0.25, 0.3) is 0 Å². The standard InChI is InChI=1S/C12H17FN2O/c13-12-4-11(5-14-6-12)8-15-3-1-2-10(7-15)9-16/h4-6,10,16H,1-3,7-9H2. The zero-order valence-electron chi connectivity index (χ0n) is 9.27. The van der Waals surface area contributed by atoms with E-state index in [0.29, 0.717) is 5.92 Å². The molecule has 1 atom stereocenters. The fourth-order valence-electron chi connectivity index (χ4n) is 2.24. The molecule has 0 aliphatic carbocycles. The van der Waals surface area contributed by atoms with Gasteiger partial charge in [-0.15, -0.1) is 0 Å². The van der Waals surface area contributed by atoms with Gasteiger partial charge in [0.2, 0.25) is 0 Å². The number of halogens is 1. The third-order valence-corrected chi connectivity index (χ3v) is 3.03. The van der Waals surface area contributed by atoms with Crippen LogP contribution in [0.2, 0.25) is 0 Å². The van der Waals surface area contributed by atoms with Gasteiger partial charge in [0.05, 0.1) is 6.20 Å². The highest BCUT2D eigenvalue weighted by Crippen LogP contribution is 2.17. The van der Waals surface area contributed by atoms with E-state index in [1.807, 2.05) is 0 Å². The fourth-order valence-corrected chi connectivity index (χ4v) is 2.24. The van der Waals surface area contributed by atoms with Crippen molar-refractivity contribution in [3.05, 3.63) is 29.8 Å². The van der Waals surface area contributed by atoms with E-state index in [1.54, 1.807) is 6.20 Å². The van der Waals surface area contributed by atoms with Gasteiger partial charge in [0.25, 0.3) is 0 Å². The summed E-state index contributed by atoms with van der Waals surface area (Å²) in [5, 5.41) is 9.12. The molecular formula is C12H17FN2O. The van der Waals surface area contributed by atoms with Crippen LogP contribution in [0, 0.1) is 11.7 Å². The van der Waals surface area contributed by atoms with E-state index in [-0.39, 0.29) is 12.4 Å². The lowest BCUT2D eigenvalue weighted by Crippen LogP contribution is -2.36. The third kappa shape index (κ3) is 3.00. The van der Waals surface area contributed by atoms with Gasteiger partial charge in [-0.1, -0.05) is 0 Å². The number of aliphatic hydroxyl groups excluding tert-OH is 1. The number of aromatic nitrogens is 1. The second-order valence-electron chi connectivity index (χ2n) is 4.44. The second-order valence-corrected chi connectivity index (χ2v) is 4.44. The average molecular weight is 224 g/mol. The molecule has 2 rings (SSSR count). The van der Waals surface area contributed by atoms with E-state index in [0.717, 1.165) is 38.0 Å². The van der Waals surface area contributed by atoms with Crippen LogP contribution in [-0.2, 0) is 6.54 Å². The molecule has 0 saturated carbocycles. The molecule has 1 saturated heterocycles. The first-order valence-electron chi connectivity index (χ1n) is 5.70. The second kappa shape index (κ2) is 5.37. The van der Waals surface area contributed by atoms with Crippen molar-refractivity contribution in [2.24, 2.45) is 5.92 Å². The Kier molecular flexibility index (Phi) is 3.85. The summed E-state index contributed by atoms with van der Waals surface area (Å²) in [5.74, 6) is 0.0866. The van der Waals surface area contributed by atoms with Crippen LogP contribution in [-0.4, -0.2) is 34.7 Å². The number of pyridine rings is 1. The Morgan fingerprint density at radius 3 is 3.12 bits per heavy atom. The normalized spacial score (nSPS) is 22.2. The Labute approximate surface area is 94.9 Å². The van der Waals surface area contributed by atoms with Crippen molar-refractivity contribution in [3.63, 3.8) is 0 Å². The van der Waals surface area contributed by atoms with Crippen molar-refractivity contribution in [1.82, 2.24) is 9.88 Å². The molecule has 1 aromatic heterocycles. The number of nitrogens with zero attached hydrogens (tertiary/aromatic N) is 2. The van der Waals surface area contributed by atoms with E-state index in [2.05, 4.69) is 9.88 Å². The van der Waals surface area contributed by atoms with Crippen molar-refractivity contribution in [1.29, 1.82) is 0 Å². The number of aliphatic hydroxyl groups is 1. The van der Waals surface area contributed by atoms with Crippen LogP contribution in [0.4, 0.5) is 4.39 Å². The number of piperidine rings is 1. The Bertz CT molecular complexity index is 346. The van der Waals surface area contributed by atoms with Gasteiger partial charge < -0.3 is 5.11 Å². The minimum atomic E-state index is -0.284. The van der Waals surface area contributed by atoms with Crippen molar-refractivity contribution in [2.75, 3.05) is 19.7 Å². The van der Waals surface area contributed by atoms with Gasteiger partial charge in [0, 0.05) is 25.9 Å². The molecular weight excluding hydrogens is 207 g/mol. The summed E-state index contributed by atoms with van der Waals surface area (Å²) >= 11 is 0. The molecule has 0 amide bonds. The lowest BCUT2D eigenvalue weighted by molar-refractivity contribution is 0.115. The summed E-state index contributed by atoms with van der Waals surface area (Å²) in [7, 11) is 0. The van der Waals surface area contributed by atoms with Gasteiger partial charge in [0.1, 0.15) is 5.82 Å². The first-order chi connectivity index (χ1) is 7.78. The molecule has 0 bridgehead atoms. The smallest absolute Gasteiger partial charge is 0.141 e. The van der Waals surface area contributed by atoms with Crippen LogP contribution >= 0.6 is 0 Å². The molecule has 1 aliphatic rings. The highest BCUT2D eigenvalue weighted by Gasteiger charge is 2.19. The summed E-state index contributed by atoms with van der Waals surface area (Å²) in [6.45, 7) is 2.89. The molecule has 0 aromatic carbocycles. The maximum atomic E-state index is 12.9. The van der Waals surface area contributed by atoms with E-state index < -0.39 is 0 Å². The van der Waals surface area contributed by atoms with Gasteiger partial charge in [0.15, 0.2) is 0 Å². The molecule has 16 heavy (non-hydrogen) atoms. The summed E-state index contributed by atoms with van der Waals surface area (Å²) in [4.78, 5) is 6.09. The van der Waals surface area contributed by atoms with Crippen molar-refractivity contribution < 1.29 is 9.50 Å². The van der Waals surface area contributed by atoms with Crippen LogP contribution < -0.4 is 0 Å². The Hall–Kier alpha value is -1.00. The molecule has 88 valence electrons. The minimum Gasteiger partial charge on any atom is -0.396 e. The zero-order chi connectivity index (χ0) is 11.4. The lowest BCUT2D eigenvalue weighted by Gasteiger charge is -2.31. The Morgan fingerprint density at radius 2 is 2.38 bits per heavy atom. The largest absolute Gasteiger partial charge is 0.396 e. The molecule has 2 heterocycles. The molecule has 1 fully saturated rings. The highest BCUT2D eigenvalue weighted by atomic mass is 19.1. The SMILES string of the molecule is OCC1CCCN(Cc2cncc(F)c2)C1. The van der Waals surface area contributed by atoms with E-state index in [9.17, 15) is 4.39 Å². The molecule has 1 aromatic rings. The summed E-state index contributed by atoms with van der Waals surface area (Å²) in [6, 6.07) is 1.52. The summed E-state index contributed by atoms with van der Waals surface area (Å²) in [5.41, 5.74) is 0.901. The molecule has 4 heteroatoms. The van der Waals surface area contributed by atoms with E-state index >= 15 is 0 Å². The van der Waals surface area contributed by atoms with Crippen molar-refractivity contribution in [3.8, 4) is 0 Å². The van der Waals surface area contributed by atoms with Gasteiger partial charge >= 0.3 is 0 Å². The summed E-state index contributed by atoms with van der Waals surface area (Å²) in [6.07, 6.45) is 5.12. The molecule has 1 unspecified atom stereocenters. The fraction of sp³-hybridized carbons (Fsp3) is 0.583. The first kappa shape index (κ1) is 11.5. The molecule has 3 nitrogen and oxygen atoms in total. The van der Waals surface area contributed by atoms with Gasteiger partial charge in [-0.25, -0.2) is 4.39 Å². The quantitative estimate of drug-likeness (QED) is 0.843. The zero-order valence-corrected chi connectivity index (χ0v) is 9.27. The predicted octanol–water partition coefficient (Wildman–Crippen LogP) is 1.43. The maximum absolute atomic E-state index is 12.9. The van der Waals surface area contributed by atoms with Crippen molar-refractivity contribution in [2.45, 2.75) is 19.4 Å². The maximum Gasteiger partial charge on any atom is 0.141 e. The molecule has 1 N–H and O–H groups in total. The van der Waals surface area contributed by atoms with Crippen LogP contribution in [0.1, 0.15) is 18.4 Å². The first-order valence-corrected chi connectivity index (χ1v) is 5.70. The van der Waals surface area contributed by atoms with Crippen molar-refractivity contribution >= 4 is 0 Å². The van der Waals surface area contributed by atoms with Crippen LogP contribution in [0.15, 0.2) is 18.5 Å². The highest BCUT2D eigenvalue weighted by molar-refractivity contribution is 5.10. The molecule has 0 spiro atoms. The van der Waals surface area contributed by atoms with Crippen LogP contribution in [0.5, 0.6) is 0 Å². The van der Waals surface area contributed by atoms with Gasteiger partial charge in [-0.05, 0) is 36.9 Å². The Morgan fingerprint density at radius 1 is 1.50 bits per heavy atom. The number of hydrogen-bond acceptors (Lipinski definition) is 3. The minimum absolute atomic E-state index is 0.248. The summed E-state index contributed by atoms with van der Waals surface area (Å²) < 4.78 is 12.9. The number of rotatable bonds is 3. The van der Waals surface area contributed by atoms with Crippen LogP contribution in [0.3, 0.4) is 0 Å². The molecule has 0 radical (unpaired) electrons. The van der Waals surface area contributed by atoms with E-state index in [4.69, 9.17) is 5.11 Å². The topological polar surface area (TPSA) is 36.4 Å². The number of hydrogen-bond donors (Lipinski definition) is 1. The number of likely N-dealkylation sites (tertiary alicyclic amines) is 1.